The maximum Gasteiger partial charge on any atom is 0.335 e. The van der Waals surface area contributed by atoms with E-state index in [-0.39, 0.29) is 15.9 Å². The molecule has 0 radical (unpaired) electrons. The predicted molar refractivity (Wildman–Crippen MR) is 60.7 cm³/mol. The summed E-state index contributed by atoms with van der Waals surface area (Å²) in [7, 11) is 0. The lowest BCUT2D eigenvalue weighted by molar-refractivity contribution is -0.0425. The predicted octanol–water partition coefficient (Wildman–Crippen LogP) is 0.00629. The standard InChI is InChI=1S/C9H8N4O4S/c14-7(15)4-1-5(8(16)17)3-6(2-4)13-9(18)10-11-12-13/h1-3,7,14-15H,(H,16,17)(H,10,12,18). The van der Waals surface area contributed by atoms with Gasteiger partial charge in [-0.2, -0.15) is 5.21 Å². The fraction of sp³-hybridized carbons (Fsp3) is 0.111. The van der Waals surface area contributed by atoms with Crippen LogP contribution in [-0.4, -0.2) is 41.5 Å². The Kier molecular flexibility index (Phi) is 3.19. The number of nitrogens with one attached hydrogen (secondary N) is 1. The van der Waals surface area contributed by atoms with E-state index in [1.807, 2.05) is 0 Å². The van der Waals surface area contributed by atoms with Gasteiger partial charge in [-0.3, -0.25) is 0 Å². The van der Waals surface area contributed by atoms with Gasteiger partial charge in [0.15, 0.2) is 6.29 Å². The van der Waals surface area contributed by atoms with Crippen LogP contribution in [0.25, 0.3) is 5.69 Å². The summed E-state index contributed by atoms with van der Waals surface area (Å²) >= 11 is 4.87. The number of hydrogen-bond donors (Lipinski definition) is 4. The number of benzene rings is 1. The van der Waals surface area contributed by atoms with Gasteiger partial charge < -0.3 is 15.3 Å². The molecule has 94 valence electrons. The Morgan fingerprint density at radius 2 is 2.11 bits per heavy atom. The van der Waals surface area contributed by atoms with Crippen molar-refractivity contribution in [3.63, 3.8) is 0 Å². The number of aromatic amines is 1. The second-order valence-electron chi connectivity index (χ2n) is 3.41. The molecule has 0 aliphatic heterocycles. The summed E-state index contributed by atoms with van der Waals surface area (Å²) in [6, 6.07) is 3.83. The molecule has 0 aliphatic carbocycles. The Labute approximate surface area is 105 Å². The van der Waals surface area contributed by atoms with Crippen molar-refractivity contribution < 1.29 is 20.1 Å². The Bertz CT molecular complexity index is 648. The molecule has 4 N–H and O–H groups in total. The maximum atomic E-state index is 10.9. The summed E-state index contributed by atoms with van der Waals surface area (Å²) in [6.07, 6.45) is -1.78. The fourth-order valence-electron chi connectivity index (χ4n) is 1.40. The molecule has 2 rings (SSSR count). The monoisotopic (exact) mass is 268 g/mol. The van der Waals surface area contributed by atoms with Crippen molar-refractivity contribution in [2.45, 2.75) is 6.29 Å². The zero-order valence-electron chi connectivity index (χ0n) is 8.81. The molecule has 0 aliphatic rings. The minimum Gasteiger partial charge on any atom is -0.478 e. The average Bonchev–Trinajstić information content (AvgIpc) is 2.74. The molecule has 0 bridgehead atoms. The van der Waals surface area contributed by atoms with E-state index in [1.165, 1.54) is 16.8 Å². The van der Waals surface area contributed by atoms with Gasteiger partial charge in [-0.15, -0.1) is 0 Å². The third-order valence-electron chi connectivity index (χ3n) is 2.21. The summed E-state index contributed by atoms with van der Waals surface area (Å²) in [5, 5.41) is 36.6. The molecule has 0 saturated heterocycles. The first-order valence-corrected chi connectivity index (χ1v) is 5.15. The Morgan fingerprint density at radius 3 is 2.61 bits per heavy atom. The lowest BCUT2D eigenvalue weighted by Gasteiger charge is -2.08. The Hall–Kier alpha value is -2.10. The zero-order valence-corrected chi connectivity index (χ0v) is 9.63. The van der Waals surface area contributed by atoms with Crippen molar-refractivity contribution in [1.29, 1.82) is 0 Å². The summed E-state index contributed by atoms with van der Waals surface area (Å²) in [5.41, 5.74) is 0.224. The molecule has 0 fully saturated rings. The lowest BCUT2D eigenvalue weighted by atomic mass is 10.1. The average molecular weight is 268 g/mol. The first-order valence-electron chi connectivity index (χ1n) is 4.74. The number of carboxylic acid groups (broad SMARTS) is 1. The first-order chi connectivity index (χ1) is 8.49. The van der Waals surface area contributed by atoms with Crippen LogP contribution in [0, 0.1) is 4.77 Å². The number of aliphatic hydroxyl groups excluding tert-OH is 1. The van der Waals surface area contributed by atoms with Crippen LogP contribution >= 0.6 is 12.2 Å². The summed E-state index contributed by atoms with van der Waals surface area (Å²) in [6.45, 7) is 0. The first kappa shape index (κ1) is 12.4. The van der Waals surface area contributed by atoms with Crippen LogP contribution < -0.4 is 0 Å². The van der Waals surface area contributed by atoms with E-state index in [0.29, 0.717) is 5.69 Å². The molecule has 0 saturated carbocycles. The normalized spacial score (nSPS) is 10.8. The second kappa shape index (κ2) is 4.64. The van der Waals surface area contributed by atoms with Crippen LogP contribution in [0.5, 0.6) is 0 Å². The fourth-order valence-corrected chi connectivity index (χ4v) is 1.59. The third-order valence-corrected chi connectivity index (χ3v) is 2.48. The van der Waals surface area contributed by atoms with Gasteiger partial charge in [0.05, 0.1) is 11.3 Å². The number of nitrogens with zero attached hydrogens (tertiary/aromatic N) is 3. The highest BCUT2D eigenvalue weighted by Crippen LogP contribution is 2.18. The largest absolute Gasteiger partial charge is 0.478 e. The van der Waals surface area contributed by atoms with E-state index in [2.05, 4.69) is 15.5 Å². The summed E-state index contributed by atoms with van der Waals surface area (Å²) < 4.78 is 1.34. The molecule has 2 aromatic rings. The minimum absolute atomic E-state index is 0.0291. The highest BCUT2D eigenvalue weighted by atomic mass is 32.1. The molecule has 0 unspecified atom stereocenters. The highest BCUT2D eigenvalue weighted by Gasteiger charge is 2.12. The molecule has 18 heavy (non-hydrogen) atoms. The van der Waals surface area contributed by atoms with E-state index in [0.717, 1.165) is 6.07 Å². The van der Waals surface area contributed by atoms with Gasteiger partial charge in [0, 0.05) is 5.56 Å². The van der Waals surface area contributed by atoms with Crippen LogP contribution in [0.3, 0.4) is 0 Å². The maximum absolute atomic E-state index is 10.9. The molecular formula is C9H8N4O4S. The van der Waals surface area contributed by atoms with E-state index in [4.69, 9.17) is 27.5 Å². The second-order valence-corrected chi connectivity index (χ2v) is 3.78. The molecule has 0 amide bonds. The van der Waals surface area contributed by atoms with Crippen molar-refractivity contribution in [2.24, 2.45) is 0 Å². The lowest BCUT2D eigenvalue weighted by Crippen LogP contribution is -2.06. The number of hydrogen-bond acceptors (Lipinski definition) is 6. The van der Waals surface area contributed by atoms with E-state index in [9.17, 15) is 4.79 Å². The van der Waals surface area contributed by atoms with Crippen molar-refractivity contribution in [1.82, 2.24) is 20.2 Å². The summed E-state index contributed by atoms with van der Waals surface area (Å²) in [4.78, 5) is 10.9. The number of carboxylic acids is 1. The van der Waals surface area contributed by atoms with E-state index in [1.54, 1.807) is 0 Å². The van der Waals surface area contributed by atoms with Gasteiger partial charge in [0.1, 0.15) is 0 Å². The van der Waals surface area contributed by atoms with Gasteiger partial charge in [-0.05, 0) is 30.4 Å². The van der Waals surface area contributed by atoms with Gasteiger partial charge in [0.25, 0.3) is 0 Å². The van der Waals surface area contributed by atoms with Gasteiger partial charge in [-0.25, -0.2) is 9.48 Å². The molecule has 1 aromatic carbocycles. The molecule has 8 nitrogen and oxygen atoms in total. The van der Waals surface area contributed by atoms with Crippen LogP contribution in [0.2, 0.25) is 0 Å². The van der Waals surface area contributed by atoms with Crippen molar-refractivity contribution >= 4 is 18.2 Å². The van der Waals surface area contributed by atoms with Crippen LogP contribution in [0.1, 0.15) is 22.2 Å². The molecule has 0 atom stereocenters. The van der Waals surface area contributed by atoms with Crippen molar-refractivity contribution in [3.8, 4) is 5.69 Å². The van der Waals surface area contributed by atoms with Crippen molar-refractivity contribution in [2.75, 3.05) is 0 Å². The van der Waals surface area contributed by atoms with Crippen molar-refractivity contribution in [3.05, 3.63) is 34.1 Å². The Balaban J connectivity index is 2.64. The van der Waals surface area contributed by atoms with Crippen LogP contribution in [-0.2, 0) is 0 Å². The number of rotatable bonds is 3. The molecular weight excluding hydrogens is 260 g/mol. The molecule has 1 aromatic heterocycles. The number of aromatic nitrogens is 4. The topological polar surface area (TPSA) is 124 Å². The van der Waals surface area contributed by atoms with Crippen LogP contribution in [0.4, 0.5) is 0 Å². The van der Waals surface area contributed by atoms with Gasteiger partial charge in [-0.1, -0.05) is 10.3 Å². The number of carbonyl (C=O) groups is 1. The Morgan fingerprint density at radius 1 is 1.39 bits per heavy atom. The quantitative estimate of drug-likeness (QED) is 0.456. The molecule has 1 heterocycles. The zero-order chi connectivity index (χ0) is 13.3. The number of tetrazole rings is 1. The molecule has 0 spiro atoms. The molecule has 9 heteroatoms. The van der Waals surface area contributed by atoms with Gasteiger partial charge in [0.2, 0.25) is 4.77 Å². The smallest absolute Gasteiger partial charge is 0.335 e. The number of H-pyrrole nitrogens is 1. The third kappa shape index (κ3) is 2.27. The highest BCUT2D eigenvalue weighted by molar-refractivity contribution is 7.71. The summed E-state index contributed by atoms with van der Waals surface area (Å²) in [5.74, 6) is -1.20. The van der Waals surface area contributed by atoms with E-state index >= 15 is 0 Å². The van der Waals surface area contributed by atoms with Gasteiger partial charge >= 0.3 is 5.97 Å². The minimum atomic E-state index is -1.78. The SMILES string of the molecule is O=C(O)c1cc(C(O)O)cc(-n2[nH]nnc2=S)c1. The van der Waals surface area contributed by atoms with E-state index < -0.39 is 12.3 Å². The number of aliphatic hydroxyl groups is 2. The number of aromatic carboxylic acids is 1. The van der Waals surface area contributed by atoms with Crippen LogP contribution in [0.15, 0.2) is 18.2 Å².